The van der Waals surface area contributed by atoms with Gasteiger partial charge in [0, 0.05) is 6.54 Å². The van der Waals surface area contributed by atoms with Crippen LogP contribution in [0.15, 0.2) is 0 Å². The van der Waals surface area contributed by atoms with E-state index in [4.69, 9.17) is 0 Å². The lowest BCUT2D eigenvalue weighted by Gasteiger charge is -2.09. The lowest BCUT2D eigenvalue weighted by Crippen LogP contribution is -2.27. The van der Waals surface area contributed by atoms with Gasteiger partial charge in [0.15, 0.2) is 0 Å². The fourth-order valence-corrected chi connectivity index (χ4v) is 0.905. The summed E-state index contributed by atoms with van der Waals surface area (Å²) >= 11 is 0. The van der Waals surface area contributed by atoms with Gasteiger partial charge in [-0.15, -0.1) is 0 Å². The highest BCUT2D eigenvalue weighted by Gasteiger charge is 2.11. The minimum Gasteiger partial charge on any atom is -0.469 e. The van der Waals surface area contributed by atoms with E-state index in [1.54, 1.807) is 0 Å². The van der Waals surface area contributed by atoms with Gasteiger partial charge in [0.1, 0.15) is 0 Å². The maximum atomic E-state index is 10.9. The minimum absolute atomic E-state index is 0.0353. The van der Waals surface area contributed by atoms with Crippen LogP contribution < -0.4 is 5.32 Å². The smallest absolute Gasteiger partial charge is 0.309 e. The normalized spacial score (nSPS) is 12.6. The van der Waals surface area contributed by atoms with Crippen LogP contribution in [-0.2, 0) is 9.53 Å². The summed E-state index contributed by atoms with van der Waals surface area (Å²) in [4.78, 5) is 10.9. The fourth-order valence-electron chi connectivity index (χ4n) is 0.905. The summed E-state index contributed by atoms with van der Waals surface area (Å²) in [6, 6.07) is 0. The molecule has 12 heavy (non-hydrogen) atoms. The molecule has 1 unspecified atom stereocenters. The van der Waals surface area contributed by atoms with Crippen molar-refractivity contribution in [2.75, 3.05) is 20.2 Å². The molecule has 3 heteroatoms. The monoisotopic (exact) mass is 173 g/mol. The third kappa shape index (κ3) is 5.13. The van der Waals surface area contributed by atoms with Crippen molar-refractivity contribution >= 4 is 5.97 Å². The van der Waals surface area contributed by atoms with Gasteiger partial charge >= 0.3 is 5.97 Å². The summed E-state index contributed by atoms with van der Waals surface area (Å²) < 4.78 is 4.59. The number of hydrogen-bond acceptors (Lipinski definition) is 3. The van der Waals surface area contributed by atoms with Crippen molar-refractivity contribution in [3.63, 3.8) is 0 Å². The van der Waals surface area contributed by atoms with Crippen LogP contribution in [0.2, 0.25) is 0 Å². The Kier molecular flexibility index (Phi) is 6.76. The van der Waals surface area contributed by atoms with Crippen LogP contribution in [0, 0.1) is 5.92 Å². The van der Waals surface area contributed by atoms with Crippen LogP contribution in [0.1, 0.15) is 26.7 Å². The predicted molar refractivity (Wildman–Crippen MR) is 49.0 cm³/mol. The molecule has 0 heterocycles. The number of hydrogen-bond donors (Lipinski definition) is 1. The van der Waals surface area contributed by atoms with Gasteiger partial charge in [0.05, 0.1) is 13.0 Å². The van der Waals surface area contributed by atoms with Crippen LogP contribution >= 0.6 is 0 Å². The predicted octanol–water partition coefficient (Wildman–Crippen LogP) is 1.19. The van der Waals surface area contributed by atoms with E-state index in [-0.39, 0.29) is 11.9 Å². The summed E-state index contributed by atoms with van der Waals surface area (Å²) in [7, 11) is 1.42. The van der Waals surface area contributed by atoms with Crippen molar-refractivity contribution in [2.24, 2.45) is 5.92 Å². The Morgan fingerprint density at radius 2 is 2.25 bits per heavy atom. The first kappa shape index (κ1) is 11.4. The van der Waals surface area contributed by atoms with E-state index < -0.39 is 0 Å². The molecule has 0 amide bonds. The molecular weight excluding hydrogens is 154 g/mol. The zero-order valence-electron chi connectivity index (χ0n) is 8.22. The van der Waals surface area contributed by atoms with E-state index in [0.717, 1.165) is 13.0 Å². The molecule has 0 spiro atoms. The number of rotatable bonds is 6. The first-order valence-corrected chi connectivity index (χ1v) is 4.50. The summed E-state index contributed by atoms with van der Waals surface area (Å²) in [5.74, 6) is -0.175. The second-order valence-electron chi connectivity index (χ2n) is 2.98. The SMILES string of the molecule is CCCCNCC(C)C(=O)OC. The summed E-state index contributed by atoms with van der Waals surface area (Å²) in [6.45, 7) is 5.71. The van der Waals surface area contributed by atoms with Gasteiger partial charge in [-0.2, -0.15) is 0 Å². The van der Waals surface area contributed by atoms with E-state index in [0.29, 0.717) is 6.54 Å². The molecule has 0 aromatic carbocycles. The minimum atomic E-state index is -0.140. The molecule has 0 aliphatic heterocycles. The molecule has 1 N–H and O–H groups in total. The van der Waals surface area contributed by atoms with Crippen LogP contribution in [0.4, 0.5) is 0 Å². The molecule has 0 fully saturated rings. The van der Waals surface area contributed by atoms with Gasteiger partial charge < -0.3 is 10.1 Å². The van der Waals surface area contributed by atoms with E-state index in [2.05, 4.69) is 17.0 Å². The van der Waals surface area contributed by atoms with Crippen molar-refractivity contribution in [2.45, 2.75) is 26.7 Å². The molecule has 0 saturated heterocycles. The highest BCUT2D eigenvalue weighted by Crippen LogP contribution is 1.95. The van der Waals surface area contributed by atoms with Crippen LogP contribution in [-0.4, -0.2) is 26.2 Å². The number of methoxy groups -OCH3 is 1. The number of nitrogens with one attached hydrogen (secondary N) is 1. The van der Waals surface area contributed by atoms with Crippen molar-refractivity contribution in [1.82, 2.24) is 5.32 Å². The Morgan fingerprint density at radius 3 is 2.75 bits per heavy atom. The Bertz CT molecular complexity index is 126. The number of esters is 1. The van der Waals surface area contributed by atoms with E-state index in [1.807, 2.05) is 6.92 Å². The quantitative estimate of drug-likeness (QED) is 0.484. The number of ether oxygens (including phenoxy) is 1. The molecule has 0 rings (SSSR count). The van der Waals surface area contributed by atoms with Crippen molar-refractivity contribution in [3.05, 3.63) is 0 Å². The lowest BCUT2D eigenvalue weighted by atomic mass is 10.2. The second-order valence-corrected chi connectivity index (χ2v) is 2.98. The van der Waals surface area contributed by atoms with Crippen molar-refractivity contribution in [1.29, 1.82) is 0 Å². The van der Waals surface area contributed by atoms with Gasteiger partial charge in [-0.3, -0.25) is 4.79 Å². The molecule has 0 aromatic heterocycles. The molecule has 3 nitrogen and oxygen atoms in total. The third-order valence-electron chi connectivity index (χ3n) is 1.76. The van der Waals surface area contributed by atoms with Gasteiger partial charge in [-0.05, 0) is 13.0 Å². The molecule has 0 aliphatic rings. The fraction of sp³-hybridized carbons (Fsp3) is 0.889. The number of carbonyl (C=O) groups is 1. The molecule has 0 radical (unpaired) electrons. The van der Waals surface area contributed by atoms with Gasteiger partial charge in [0.25, 0.3) is 0 Å². The Morgan fingerprint density at radius 1 is 1.58 bits per heavy atom. The molecule has 1 atom stereocenters. The molecular formula is C9H19NO2. The van der Waals surface area contributed by atoms with Crippen LogP contribution in [0.25, 0.3) is 0 Å². The van der Waals surface area contributed by atoms with Gasteiger partial charge in [-0.1, -0.05) is 20.3 Å². The molecule has 0 bridgehead atoms. The maximum Gasteiger partial charge on any atom is 0.309 e. The summed E-state index contributed by atoms with van der Waals surface area (Å²) in [6.07, 6.45) is 2.34. The van der Waals surface area contributed by atoms with Gasteiger partial charge in [0.2, 0.25) is 0 Å². The van der Waals surface area contributed by atoms with Crippen molar-refractivity contribution < 1.29 is 9.53 Å². The van der Waals surface area contributed by atoms with Crippen LogP contribution in [0.5, 0.6) is 0 Å². The Labute approximate surface area is 74.5 Å². The third-order valence-corrected chi connectivity index (χ3v) is 1.76. The summed E-state index contributed by atoms with van der Waals surface area (Å²) in [5, 5.41) is 3.20. The van der Waals surface area contributed by atoms with E-state index in [1.165, 1.54) is 13.5 Å². The zero-order chi connectivity index (χ0) is 9.40. The number of carbonyl (C=O) groups excluding carboxylic acids is 1. The average Bonchev–Trinajstić information content (AvgIpc) is 2.10. The average molecular weight is 173 g/mol. The standard InChI is InChI=1S/C9H19NO2/c1-4-5-6-10-7-8(2)9(11)12-3/h8,10H,4-7H2,1-3H3. The number of unbranched alkanes of at least 4 members (excludes halogenated alkanes) is 1. The largest absolute Gasteiger partial charge is 0.469 e. The molecule has 0 aromatic rings. The topological polar surface area (TPSA) is 38.3 Å². The summed E-state index contributed by atoms with van der Waals surface area (Å²) in [5.41, 5.74) is 0. The lowest BCUT2D eigenvalue weighted by molar-refractivity contribution is -0.144. The molecule has 72 valence electrons. The Hall–Kier alpha value is -0.570. The van der Waals surface area contributed by atoms with Crippen LogP contribution in [0.3, 0.4) is 0 Å². The highest BCUT2D eigenvalue weighted by molar-refractivity contribution is 5.71. The van der Waals surface area contributed by atoms with Crippen molar-refractivity contribution in [3.8, 4) is 0 Å². The first-order valence-electron chi connectivity index (χ1n) is 4.50. The Balaban J connectivity index is 3.31. The van der Waals surface area contributed by atoms with E-state index >= 15 is 0 Å². The molecule has 0 saturated carbocycles. The highest BCUT2D eigenvalue weighted by atomic mass is 16.5. The zero-order valence-corrected chi connectivity index (χ0v) is 8.22. The maximum absolute atomic E-state index is 10.9. The van der Waals surface area contributed by atoms with Gasteiger partial charge in [-0.25, -0.2) is 0 Å². The van der Waals surface area contributed by atoms with E-state index in [9.17, 15) is 4.79 Å². The first-order chi connectivity index (χ1) is 5.72. The second kappa shape index (κ2) is 7.10. The molecule has 0 aliphatic carbocycles.